The number of rotatable bonds is 5. The zero-order valence-corrected chi connectivity index (χ0v) is 13.0. The molecule has 6 nitrogen and oxygen atoms in total. The molecule has 1 aliphatic heterocycles. The molecule has 1 amide bonds. The lowest BCUT2D eigenvalue weighted by Gasteiger charge is -2.35. The van der Waals surface area contributed by atoms with Gasteiger partial charge in [0.15, 0.2) is 5.82 Å². The van der Waals surface area contributed by atoms with Crippen molar-refractivity contribution in [3.8, 4) is 0 Å². The lowest BCUT2D eigenvalue weighted by Crippen LogP contribution is -2.48. The minimum atomic E-state index is -0.0990. The van der Waals surface area contributed by atoms with E-state index in [1.807, 2.05) is 13.0 Å². The minimum absolute atomic E-state index is 0.0680. The minimum Gasteiger partial charge on any atom is -0.377 e. The largest absolute Gasteiger partial charge is 0.377 e. The van der Waals surface area contributed by atoms with E-state index in [1.165, 1.54) is 0 Å². The molecule has 0 aliphatic carbocycles. The summed E-state index contributed by atoms with van der Waals surface area (Å²) in [6.45, 7) is 4.20. The van der Waals surface area contributed by atoms with Gasteiger partial charge in [0.1, 0.15) is 6.61 Å². The van der Waals surface area contributed by atoms with Crippen molar-refractivity contribution in [1.82, 2.24) is 20.2 Å². The normalized spacial score (nSPS) is 21.0. The quantitative estimate of drug-likeness (QED) is 0.874. The Labute approximate surface area is 125 Å². The van der Waals surface area contributed by atoms with Gasteiger partial charge in [-0.05, 0) is 32.4 Å². The molecule has 1 aliphatic rings. The number of methoxy groups -OCH3 is 1. The highest BCUT2D eigenvalue weighted by molar-refractivity contribution is 5.80. The summed E-state index contributed by atoms with van der Waals surface area (Å²) in [4.78, 5) is 22.8. The van der Waals surface area contributed by atoms with E-state index < -0.39 is 0 Å². The first kappa shape index (κ1) is 15.9. The van der Waals surface area contributed by atoms with Crippen LogP contribution < -0.4 is 5.32 Å². The van der Waals surface area contributed by atoms with E-state index in [4.69, 9.17) is 4.74 Å². The smallest absolute Gasteiger partial charge is 0.236 e. The van der Waals surface area contributed by atoms with Crippen LogP contribution in [0.4, 0.5) is 0 Å². The Morgan fingerprint density at radius 3 is 3.14 bits per heavy atom. The molecule has 6 heteroatoms. The number of hydrogen-bond acceptors (Lipinski definition) is 5. The fraction of sp³-hybridized carbons (Fsp3) is 0.667. The molecular weight excluding hydrogens is 268 g/mol. The third-order valence-corrected chi connectivity index (χ3v) is 4.05. The molecule has 0 aromatic carbocycles. The maximum atomic E-state index is 11.8. The molecule has 2 atom stereocenters. The Balaban J connectivity index is 2.06. The van der Waals surface area contributed by atoms with E-state index in [0.29, 0.717) is 18.3 Å². The molecule has 116 valence electrons. The number of likely N-dealkylation sites (tertiary alicyclic amines) is 1. The van der Waals surface area contributed by atoms with Gasteiger partial charge >= 0.3 is 0 Å². The predicted molar refractivity (Wildman–Crippen MR) is 79.8 cm³/mol. The van der Waals surface area contributed by atoms with Gasteiger partial charge in [0.25, 0.3) is 0 Å². The van der Waals surface area contributed by atoms with Gasteiger partial charge in [-0.1, -0.05) is 0 Å². The standard InChI is InChI=1S/C15H24N4O2/c1-11(15(20)16-2)19-8-4-5-12(9-19)13-6-7-17-14(18-13)10-21-3/h6-7,11-12H,4-5,8-10H2,1-3H3,(H,16,20)/t11-,12-/m1/s1. The fourth-order valence-corrected chi connectivity index (χ4v) is 2.82. The summed E-state index contributed by atoms with van der Waals surface area (Å²) in [6.07, 6.45) is 3.97. The molecule has 2 rings (SSSR count). The second-order valence-corrected chi connectivity index (χ2v) is 5.46. The van der Waals surface area contributed by atoms with Crippen LogP contribution in [0.2, 0.25) is 0 Å². The second kappa shape index (κ2) is 7.47. The predicted octanol–water partition coefficient (Wildman–Crippen LogP) is 0.937. The molecule has 0 bridgehead atoms. The van der Waals surface area contributed by atoms with Crippen LogP contribution >= 0.6 is 0 Å². The van der Waals surface area contributed by atoms with Gasteiger partial charge in [-0.2, -0.15) is 0 Å². The van der Waals surface area contributed by atoms with Crippen molar-refractivity contribution in [2.75, 3.05) is 27.2 Å². The van der Waals surface area contributed by atoms with Gasteiger partial charge < -0.3 is 10.1 Å². The van der Waals surface area contributed by atoms with E-state index in [1.54, 1.807) is 20.4 Å². The average molecular weight is 292 g/mol. The molecule has 1 aromatic rings. The number of piperidine rings is 1. The summed E-state index contributed by atoms with van der Waals surface area (Å²) < 4.78 is 5.09. The van der Waals surface area contributed by atoms with Crippen LogP contribution in [0, 0.1) is 0 Å². The third kappa shape index (κ3) is 3.98. The summed E-state index contributed by atoms with van der Waals surface area (Å²) in [7, 11) is 3.32. The summed E-state index contributed by atoms with van der Waals surface area (Å²) >= 11 is 0. The summed E-state index contributed by atoms with van der Waals surface area (Å²) in [5.41, 5.74) is 1.05. The van der Waals surface area contributed by atoms with E-state index in [2.05, 4.69) is 20.2 Å². The Hall–Kier alpha value is -1.53. The molecule has 2 heterocycles. The molecule has 1 saturated heterocycles. The SMILES string of the molecule is CNC(=O)[C@@H](C)N1CCC[C@@H](c2ccnc(COC)n2)C1. The number of carbonyl (C=O) groups excluding carboxylic acids is 1. The number of amides is 1. The molecule has 0 unspecified atom stereocenters. The van der Waals surface area contributed by atoms with Crippen molar-refractivity contribution in [1.29, 1.82) is 0 Å². The van der Waals surface area contributed by atoms with Crippen molar-refractivity contribution in [2.45, 2.75) is 38.3 Å². The van der Waals surface area contributed by atoms with Crippen LogP contribution in [-0.2, 0) is 16.1 Å². The van der Waals surface area contributed by atoms with Gasteiger partial charge in [-0.15, -0.1) is 0 Å². The maximum absolute atomic E-state index is 11.8. The molecule has 0 radical (unpaired) electrons. The van der Waals surface area contributed by atoms with Crippen LogP contribution in [0.1, 0.15) is 37.2 Å². The van der Waals surface area contributed by atoms with Crippen molar-refractivity contribution < 1.29 is 9.53 Å². The van der Waals surface area contributed by atoms with Gasteiger partial charge in [0.05, 0.1) is 6.04 Å². The number of hydrogen-bond donors (Lipinski definition) is 1. The van der Waals surface area contributed by atoms with Gasteiger partial charge in [-0.3, -0.25) is 9.69 Å². The lowest BCUT2D eigenvalue weighted by atomic mass is 9.93. The Morgan fingerprint density at radius 2 is 2.43 bits per heavy atom. The molecule has 1 fully saturated rings. The number of likely N-dealkylation sites (N-methyl/N-ethyl adjacent to an activating group) is 1. The highest BCUT2D eigenvalue weighted by Crippen LogP contribution is 2.26. The summed E-state index contributed by atoms with van der Waals surface area (Å²) in [5.74, 6) is 1.13. The van der Waals surface area contributed by atoms with Crippen LogP contribution in [0.3, 0.4) is 0 Å². The molecule has 1 N–H and O–H groups in total. The third-order valence-electron chi connectivity index (χ3n) is 4.05. The Morgan fingerprint density at radius 1 is 1.62 bits per heavy atom. The zero-order chi connectivity index (χ0) is 15.2. The first-order valence-electron chi connectivity index (χ1n) is 7.42. The van der Waals surface area contributed by atoms with Gasteiger partial charge in [-0.25, -0.2) is 9.97 Å². The summed E-state index contributed by atoms with van der Waals surface area (Å²) in [6, 6.07) is 1.87. The van der Waals surface area contributed by atoms with Crippen LogP contribution in [0.5, 0.6) is 0 Å². The number of nitrogens with zero attached hydrogens (tertiary/aromatic N) is 3. The molecule has 0 saturated carbocycles. The number of aromatic nitrogens is 2. The van der Waals surface area contributed by atoms with E-state index in [9.17, 15) is 4.79 Å². The van der Waals surface area contributed by atoms with Gasteiger partial charge in [0.2, 0.25) is 5.91 Å². The fourth-order valence-electron chi connectivity index (χ4n) is 2.82. The monoisotopic (exact) mass is 292 g/mol. The average Bonchev–Trinajstić information content (AvgIpc) is 2.54. The van der Waals surface area contributed by atoms with Crippen LogP contribution in [0.15, 0.2) is 12.3 Å². The van der Waals surface area contributed by atoms with Crippen molar-refractivity contribution in [2.24, 2.45) is 0 Å². The Bertz CT molecular complexity index is 480. The first-order valence-corrected chi connectivity index (χ1v) is 7.42. The topological polar surface area (TPSA) is 67.4 Å². The van der Waals surface area contributed by atoms with Gasteiger partial charge in [0, 0.05) is 38.5 Å². The molecule has 0 spiro atoms. The van der Waals surface area contributed by atoms with E-state index in [-0.39, 0.29) is 11.9 Å². The molecule has 21 heavy (non-hydrogen) atoms. The highest BCUT2D eigenvalue weighted by atomic mass is 16.5. The van der Waals surface area contributed by atoms with Crippen molar-refractivity contribution >= 4 is 5.91 Å². The number of ether oxygens (including phenoxy) is 1. The van der Waals surface area contributed by atoms with Crippen LogP contribution in [-0.4, -0.2) is 54.1 Å². The number of nitrogens with one attached hydrogen (secondary N) is 1. The zero-order valence-electron chi connectivity index (χ0n) is 13.0. The summed E-state index contributed by atoms with van der Waals surface area (Å²) in [5, 5.41) is 2.72. The maximum Gasteiger partial charge on any atom is 0.236 e. The van der Waals surface area contributed by atoms with Crippen molar-refractivity contribution in [3.05, 3.63) is 23.8 Å². The van der Waals surface area contributed by atoms with Crippen molar-refractivity contribution in [3.63, 3.8) is 0 Å². The lowest BCUT2D eigenvalue weighted by molar-refractivity contribution is -0.125. The van der Waals surface area contributed by atoms with E-state index in [0.717, 1.165) is 31.6 Å². The van der Waals surface area contributed by atoms with E-state index >= 15 is 0 Å². The molecule has 1 aromatic heterocycles. The number of carbonyl (C=O) groups is 1. The molecular formula is C15H24N4O2. The van der Waals surface area contributed by atoms with Crippen LogP contribution in [0.25, 0.3) is 0 Å². The first-order chi connectivity index (χ1) is 10.2. The highest BCUT2D eigenvalue weighted by Gasteiger charge is 2.28. The Kier molecular flexibility index (Phi) is 5.64. The second-order valence-electron chi connectivity index (χ2n) is 5.46.